The molecule has 0 radical (unpaired) electrons. The van der Waals surface area contributed by atoms with Gasteiger partial charge in [0, 0.05) is 5.56 Å². The zero-order valence-corrected chi connectivity index (χ0v) is 15.2. The molecule has 0 amide bonds. The zero-order chi connectivity index (χ0) is 18.9. The van der Waals surface area contributed by atoms with E-state index in [4.69, 9.17) is 9.88 Å². The van der Waals surface area contributed by atoms with Crippen LogP contribution in [0.5, 0.6) is 5.75 Å². The second-order valence-corrected chi connectivity index (χ2v) is 7.34. The van der Waals surface area contributed by atoms with Crippen molar-refractivity contribution in [2.24, 2.45) is 5.14 Å². The molecule has 26 heavy (non-hydrogen) atoms. The first-order chi connectivity index (χ1) is 12.3. The Bertz CT molecular complexity index is 1040. The third-order valence-corrected chi connectivity index (χ3v) is 4.99. The van der Waals surface area contributed by atoms with Gasteiger partial charge in [-0.2, -0.15) is 5.10 Å². The van der Waals surface area contributed by atoms with E-state index in [1.54, 1.807) is 23.9 Å². The maximum absolute atomic E-state index is 11.6. The van der Waals surface area contributed by atoms with Gasteiger partial charge in [0.05, 0.1) is 35.7 Å². The summed E-state index contributed by atoms with van der Waals surface area (Å²) in [6.07, 6.45) is 0. The highest BCUT2D eigenvalue weighted by Crippen LogP contribution is 2.27. The molecule has 3 N–H and O–H groups in total. The van der Waals surface area contributed by atoms with Crippen LogP contribution in [0.25, 0.3) is 16.9 Å². The zero-order valence-electron chi connectivity index (χ0n) is 14.4. The van der Waals surface area contributed by atoms with Crippen molar-refractivity contribution >= 4 is 10.0 Å². The van der Waals surface area contributed by atoms with Gasteiger partial charge in [-0.15, -0.1) is 0 Å². The van der Waals surface area contributed by atoms with Gasteiger partial charge in [-0.1, -0.05) is 0 Å². The van der Waals surface area contributed by atoms with Crippen LogP contribution in [-0.2, 0) is 16.6 Å². The normalized spacial score (nSPS) is 11.5. The summed E-state index contributed by atoms with van der Waals surface area (Å²) in [5.41, 5.74) is 3.40. The molecule has 0 fully saturated rings. The topological polar surface area (TPSA) is 107 Å². The number of aryl methyl sites for hydroxylation is 1. The van der Waals surface area contributed by atoms with E-state index >= 15 is 0 Å². The van der Waals surface area contributed by atoms with E-state index < -0.39 is 16.6 Å². The maximum Gasteiger partial charge on any atom is 0.238 e. The van der Waals surface area contributed by atoms with E-state index in [9.17, 15) is 13.5 Å². The smallest absolute Gasteiger partial charge is 0.238 e. The van der Waals surface area contributed by atoms with Crippen LogP contribution in [-0.4, -0.2) is 30.4 Å². The van der Waals surface area contributed by atoms with Gasteiger partial charge in [0.2, 0.25) is 10.0 Å². The largest absolute Gasteiger partial charge is 0.497 e. The number of benzene rings is 2. The number of hydrogen-bond acceptors (Lipinski definition) is 5. The molecule has 2 aromatic carbocycles. The average molecular weight is 373 g/mol. The Hall–Kier alpha value is -2.68. The summed E-state index contributed by atoms with van der Waals surface area (Å²) in [6, 6.07) is 14.0. The Morgan fingerprint density at radius 3 is 2.42 bits per heavy atom. The summed E-state index contributed by atoms with van der Waals surface area (Å²) >= 11 is 0. The van der Waals surface area contributed by atoms with Gasteiger partial charge in [0.1, 0.15) is 5.75 Å². The van der Waals surface area contributed by atoms with Crippen LogP contribution in [0.3, 0.4) is 0 Å². The van der Waals surface area contributed by atoms with E-state index in [1.165, 1.54) is 6.07 Å². The summed E-state index contributed by atoms with van der Waals surface area (Å²) in [5, 5.41) is 19.2. The highest BCUT2D eigenvalue weighted by Gasteiger charge is 2.16. The molecule has 3 aromatic rings. The Kier molecular flexibility index (Phi) is 4.82. The number of rotatable bonds is 5. The molecule has 0 aliphatic rings. The first-order valence-corrected chi connectivity index (χ1v) is 9.36. The fraction of sp³-hybridized carbons (Fsp3) is 0.167. The quantitative estimate of drug-likeness (QED) is 0.711. The van der Waals surface area contributed by atoms with Crippen molar-refractivity contribution in [1.82, 2.24) is 9.78 Å². The van der Waals surface area contributed by atoms with Gasteiger partial charge in [0.15, 0.2) is 0 Å². The number of aliphatic hydroxyl groups excluding tert-OH is 1. The number of aromatic nitrogens is 2. The Labute approximate surface area is 151 Å². The minimum absolute atomic E-state index is 0.0985. The molecule has 0 saturated carbocycles. The molecule has 0 saturated heterocycles. The molecule has 1 heterocycles. The van der Waals surface area contributed by atoms with Gasteiger partial charge in [0.25, 0.3) is 0 Å². The van der Waals surface area contributed by atoms with E-state index in [1.807, 2.05) is 37.3 Å². The highest BCUT2D eigenvalue weighted by molar-refractivity contribution is 7.89. The van der Waals surface area contributed by atoms with Gasteiger partial charge in [-0.05, 0) is 61.0 Å². The van der Waals surface area contributed by atoms with Crippen molar-refractivity contribution < 1.29 is 18.3 Å². The molecule has 0 atom stereocenters. The van der Waals surface area contributed by atoms with Gasteiger partial charge >= 0.3 is 0 Å². The van der Waals surface area contributed by atoms with E-state index in [0.717, 1.165) is 22.7 Å². The molecule has 7 nitrogen and oxygen atoms in total. The van der Waals surface area contributed by atoms with Crippen molar-refractivity contribution in [3.05, 3.63) is 59.8 Å². The fourth-order valence-corrected chi connectivity index (χ4v) is 3.51. The van der Waals surface area contributed by atoms with E-state index in [2.05, 4.69) is 5.10 Å². The Morgan fingerprint density at radius 1 is 1.15 bits per heavy atom. The minimum Gasteiger partial charge on any atom is -0.497 e. The number of hydrogen-bond donors (Lipinski definition) is 2. The first-order valence-electron chi connectivity index (χ1n) is 7.81. The molecule has 0 unspecified atom stereocenters. The lowest BCUT2D eigenvalue weighted by molar-refractivity contribution is 0.278. The van der Waals surface area contributed by atoms with Crippen LogP contribution in [0.1, 0.15) is 11.3 Å². The van der Waals surface area contributed by atoms with Crippen LogP contribution in [0.4, 0.5) is 0 Å². The molecule has 0 aliphatic heterocycles. The van der Waals surface area contributed by atoms with Crippen LogP contribution >= 0.6 is 0 Å². The molecule has 0 aliphatic carbocycles. The lowest BCUT2D eigenvalue weighted by Crippen LogP contribution is -2.15. The molecule has 0 spiro atoms. The van der Waals surface area contributed by atoms with Crippen LogP contribution in [0, 0.1) is 6.92 Å². The van der Waals surface area contributed by atoms with Crippen LogP contribution in [0.2, 0.25) is 0 Å². The number of ether oxygens (including phenoxy) is 1. The molecular weight excluding hydrogens is 354 g/mol. The summed E-state index contributed by atoms with van der Waals surface area (Å²) in [7, 11) is -2.31. The summed E-state index contributed by atoms with van der Waals surface area (Å²) in [5.74, 6) is 0.747. The molecule has 8 heteroatoms. The number of sulfonamides is 1. The lowest BCUT2D eigenvalue weighted by Gasteiger charge is -2.12. The predicted octanol–water partition coefficient (Wildman–Crippen LogP) is 2.00. The number of nitrogens with two attached hydrogens (primary N) is 1. The van der Waals surface area contributed by atoms with Crippen molar-refractivity contribution in [3.63, 3.8) is 0 Å². The second-order valence-electron chi connectivity index (χ2n) is 5.81. The number of primary sulfonamides is 1. The summed E-state index contributed by atoms with van der Waals surface area (Å²) in [4.78, 5) is -0.0985. The van der Waals surface area contributed by atoms with Gasteiger partial charge < -0.3 is 9.84 Å². The van der Waals surface area contributed by atoms with Crippen molar-refractivity contribution in [3.8, 4) is 22.7 Å². The standard InChI is InChI=1S/C18H19N3O4S/c1-12-9-17(13-3-6-16(25-2)7-4-13)21(20-12)15-5-8-18(26(19,23)24)14(10-15)11-22/h3-10,22H,11H2,1-2H3,(H2,19,23,24). The van der Waals surface area contributed by atoms with Gasteiger partial charge in [-0.3, -0.25) is 0 Å². The maximum atomic E-state index is 11.6. The van der Waals surface area contributed by atoms with Crippen molar-refractivity contribution in [1.29, 1.82) is 0 Å². The molecule has 0 bridgehead atoms. The molecule has 1 aromatic heterocycles. The summed E-state index contributed by atoms with van der Waals surface area (Å²) in [6.45, 7) is 1.42. The third-order valence-electron chi connectivity index (χ3n) is 3.98. The van der Waals surface area contributed by atoms with Crippen LogP contribution < -0.4 is 9.88 Å². The average Bonchev–Trinajstić information content (AvgIpc) is 3.02. The van der Waals surface area contributed by atoms with Crippen molar-refractivity contribution in [2.75, 3.05) is 7.11 Å². The monoisotopic (exact) mass is 373 g/mol. The number of methoxy groups -OCH3 is 1. The van der Waals surface area contributed by atoms with E-state index in [0.29, 0.717) is 5.69 Å². The van der Waals surface area contributed by atoms with E-state index in [-0.39, 0.29) is 10.5 Å². The highest BCUT2D eigenvalue weighted by atomic mass is 32.2. The third kappa shape index (κ3) is 3.48. The van der Waals surface area contributed by atoms with Crippen LogP contribution in [0.15, 0.2) is 53.4 Å². The molecular formula is C18H19N3O4S. The minimum atomic E-state index is -3.91. The lowest BCUT2D eigenvalue weighted by atomic mass is 10.1. The molecule has 3 rings (SSSR count). The fourth-order valence-electron chi connectivity index (χ4n) is 2.76. The Balaban J connectivity index is 2.13. The molecule has 136 valence electrons. The van der Waals surface area contributed by atoms with Gasteiger partial charge in [-0.25, -0.2) is 18.2 Å². The first kappa shape index (κ1) is 18.1. The van der Waals surface area contributed by atoms with Crippen molar-refractivity contribution in [2.45, 2.75) is 18.4 Å². The number of aliphatic hydroxyl groups is 1. The summed E-state index contributed by atoms with van der Waals surface area (Å²) < 4.78 is 30.2. The second kappa shape index (κ2) is 6.91. The SMILES string of the molecule is COc1ccc(-c2cc(C)nn2-c2ccc(S(N)(=O)=O)c(CO)c2)cc1. The predicted molar refractivity (Wildman–Crippen MR) is 97.6 cm³/mol. The number of nitrogens with zero attached hydrogens (tertiary/aromatic N) is 2. The Morgan fingerprint density at radius 2 is 1.85 bits per heavy atom.